The summed E-state index contributed by atoms with van der Waals surface area (Å²) in [5.74, 6) is -0.105. The molecule has 1 N–H and O–H groups in total. The van der Waals surface area contributed by atoms with Crippen molar-refractivity contribution in [2.24, 2.45) is 0 Å². The highest BCUT2D eigenvalue weighted by Crippen LogP contribution is 2.35. The molecule has 168 valence electrons. The average molecular weight is 469 g/mol. The van der Waals surface area contributed by atoms with Gasteiger partial charge in [-0.1, -0.05) is 71.9 Å². The van der Waals surface area contributed by atoms with Gasteiger partial charge in [0, 0.05) is 11.3 Å². The number of aromatic nitrogens is 3. The lowest BCUT2D eigenvalue weighted by atomic mass is 10.1. The Hall–Kier alpha value is -3.59. The SMILES string of the molecule is Cc1ccc(-n2c(SCC(=O)Nc3ccccc3C(F)(F)F)nnc2-c2ccccc2)cc1. The average Bonchev–Trinajstić information content (AvgIpc) is 3.22. The topological polar surface area (TPSA) is 59.8 Å². The quantitative estimate of drug-likeness (QED) is 0.353. The molecular formula is C24H19F3N4OS. The number of para-hydroxylation sites is 1. The fourth-order valence-corrected chi connectivity index (χ4v) is 3.97. The maximum Gasteiger partial charge on any atom is 0.418 e. The second-order valence-corrected chi connectivity index (χ2v) is 8.17. The van der Waals surface area contributed by atoms with Gasteiger partial charge in [-0.05, 0) is 31.2 Å². The minimum absolute atomic E-state index is 0.134. The van der Waals surface area contributed by atoms with E-state index in [1.807, 2.05) is 66.1 Å². The first-order valence-corrected chi connectivity index (χ1v) is 11.0. The first kappa shape index (κ1) is 22.6. The number of aryl methyl sites for hydroxylation is 1. The molecule has 3 aromatic carbocycles. The van der Waals surface area contributed by atoms with Crippen molar-refractivity contribution in [1.82, 2.24) is 14.8 Å². The lowest BCUT2D eigenvalue weighted by Gasteiger charge is -2.13. The third kappa shape index (κ3) is 5.25. The molecule has 0 saturated heterocycles. The summed E-state index contributed by atoms with van der Waals surface area (Å²) in [6, 6.07) is 22.1. The lowest BCUT2D eigenvalue weighted by molar-refractivity contribution is -0.137. The van der Waals surface area contributed by atoms with Crippen LogP contribution in [0.4, 0.5) is 18.9 Å². The summed E-state index contributed by atoms with van der Waals surface area (Å²) in [5, 5.41) is 11.4. The van der Waals surface area contributed by atoms with Gasteiger partial charge in [-0.25, -0.2) is 0 Å². The number of carbonyl (C=O) groups excluding carboxylic acids is 1. The molecule has 9 heteroatoms. The summed E-state index contributed by atoms with van der Waals surface area (Å²) in [5.41, 5.74) is 1.58. The minimum Gasteiger partial charge on any atom is -0.325 e. The van der Waals surface area contributed by atoms with Crippen molar-refractivity contribution < 1.29 is 18.0 Å². The van der Waals surface area contributed by atoms with Crippen LogP contribution in [0.15, 0.2) is 84.0 Å². The molecule has 1 aromatic heterocycles. The van der Waals surface area contributed by atoms with E-state index in [0.29, 0.717) is 11.0 Å². The number of hydrogen-bond donors (Lipinski definition) is 1. The highest BCUT2D eigenvalue weighted by molar-refractivity contribution is 7.99. The smallest absolute Gasteiger partial charge is 0.325 e. The van der Waals surface area contributed by atoms with Crippen LogP contribution in [0, 0.1) is 6.92 Å². The molecule has 0 saturated carbocycles. The van der Waals surface area contributed by atoms with E-state index in [1.54, 1.807) is 0 Å². The van der Waals surface area contributed by atoms with Gasteiger partial charge in [0.25, 0.3) is 0 Å². The van der Waals surface area contributed by atoms with Gasteiger partial charge in [-0.3, -0.25) is 9.36 Å². The first-order valence-electron chi connectivity index (χ1n) is 9.99. The molecule has 4 aromatic rings. The normalized spacial score (nSPS) is 11.4. The molecule has 0 aliphatic rings. The molecule has 33 heavy (non-hydrogen) atoms. The van der Waals surface area contributed by atoms with Crippen LogP contribution in [0.25, 0.3) is 17.1 Å². The van der Waals surface area contributed by atoms with Crippen LogP contribution in [0.3, 0.4) is 0 Å². The van der Waals surface area contributed by atoms with Gasteiger partial charge in [-0.2, -0.15) is 13.2 Å². The first-order chi connectivity index (χ1) is 15.8. The molecule has 0 radical (unpaired) electrons. The minimum atomic E-state index is -4.56. The van der Waals surface area contributed by atoms with Crippen LogP contribution < -0.4 is 5.32 Å². The van der Waals surface area contributed by atoms with E-state index in [-0.39, 0.29) is 11.4 Å². The van der Waals surface area contributed by atoms with Crippen LogP contribution in [0.5, 0.6) is 0 Å². The van der Waals surface area contributed by atoms with Crippen molar-refractivity contribution in [3.8, 4) is 17.1 Å². The Morgan fingerprint density at radius 1 is 0.939 bits per heavy atom. The van der Waals surface area contributed by atoms with E-state index < -0.39 is 17.6 Å². The fourth-order valence-electron chi connectivity index (χ4n) is 3.22. The van der Waals surface area contributed by atoms with Crippen molar-refractivity contribution >= 4 is 23.4 Å². The number of nitrogens with zero attached hydrogens (tertiary/aromatic N) is 3. The number of nitrogens with one attached hydrogen (secondary N) is 1. The zero-order valence-corrected chi connectivity index (χ0v) is 18.3. The van der Waals surface area contributed by atoms with Gasteiger partial charge in [-0.15, -0.1) is 10.2 Å². The standard InChI is InChI=1S/C24H19F3N4OS/c1-16-11-13-18(14-12-16)31-22(17-7-3-2-4-8-17)29-30-23(31)33-15-21(32)28-20-10-6-5-9-19(20)24(25,26)27/h2-14H,15H2,1H3,(H,28,32). The van der Waals surface area contributed by atoms with Crippen LogP contribution in [0.1, 0.15) is 11.1 Å². The van der Waals surface area contributed by atoms with Crippen LogP contribution in [0.2, 0.25) is 0 Å². The van der Waals surface area contributed by atoms with Gasteiger partial charge >= 0.3 is 6.18 Å². The number of benzene rings is 3. The number of rotatable bonds is 6. The summed E-state index contributed by atoms with van der Waals surface area (Å²) in [6.45, 7) is 1.98. The number of amides is 1. The molecule has 1 amide bonds. The molecule has 0 fully saturated rings. The van der Waals surface area contributed by atoms with Gasteiger partial charge in [0.15, 0.2) is 11.0 Å². The highest BCUT2D eigenvalue weighted by atomic mass is 32.2. The predicted octanol–water partition coefficient (Wildman–Crippen LogP) is 5.99. The molecule has 1 heterocycles. The Kier molecular flexibility index (Phi) is 6.50. The van der Waals surface area contributed by atoms with Gasteiger partial charge in [0.05, 0.1) is 17.0 Å². The van der Waals surface area contributed by atoms with Crippen molar-refractivity contribution in [3.05, 3.63) is 90.0 Å². The second-order valence-electron chi connectivity index (χ2n) is 7.22. The fraction of sp³-hybridized carbons (Fsp3) is 0.125. The number of carbonyl (C=O) groups is 1. The number of thioether (sulfide) groups is 1. The summed E-state index contributed by atoms with van der Waals surface area (Å²) in [6.07, 6.45) is -4.56. The van der Waals surface area contributed by atoms with Crippen molar-refractivity contribution in [3.63, 3.8) is 0 Å². The number of hydrogen-bond acceptors (Lipinski definition) is 4. The van der Waals surface area contributed by atoms with Gasteiger partial charge in [0.1, 0.15) is 0 Å². The van der Waals surface area contributed by atoms with Crippen molar-refractivity contribution in [2.75, 3.05) is 11.1 Å². The van der Waals surface area contributed by atoms with Gasteiger partial charge in [0.2, 0.25) is 5.91 Å². The third-order valence-electron chi connectivity index (χ3n) is 4.80. The predicted molar refractivity (Wildman–Crippen MR) is 122 cm³/mol. The molecule has 0 aliphatic heterocycles. The molecule has 0 spiro atoms. The van der Waals surface area contributed by atoms with E-state index >= 15 is 0 Å². The maximum atomic E-state index is 13.2. The summed E-state index contributed by atoms with van der Waals surface area (Å²) in [4.78, 5) is 12.5. The van der Waals surface area contributed by atoms with Crippen LogP contribution in [-0.2, 0) is 11.0 Å². The Labute approximate surface area is 192 Å². The summed E-state index contributed by atoms with van der Waals surface area (Å²) < 4.78 is 41.4. The molecule has 0 aliphatic carbocycles. The van der Waals surface area contributed by atoms with E-state index in [4.69, 9.17) is 0 Å². The van der Waals surface area contributed by atoms with E-state index in [0.717, 1.165) is 34.6 Å². The van der Waals surface area contributed by atoms with E-state index in [2.05, 4.69) is 15.5 Å². The molecule has 0 unspecified atom stereocenters. The van der Waals surface area contributed by atoms with Crippen LogP contribution >= 0.6 is 11.8 Å². The zero-order chi connectivity index (χ0) is 23.4. The number of anilines is 1. The zero-order valence-electron chi connectivity index (χ0n) is 17.5. The molecule has 0 atom stereocenters. The van der Waals surface area contributed by atoms with Crippen molar-refractivity contribution in [2.45, 2.75) is 18.3 Å². The van der Waals surface area contributed by atoms with E-state index in [1.165, 1.54) is 18.2 Å². The Morgan fingerprint density at radius 3 is 2.30 bits per heavy atom. The summed E-state index contributed by atoms with van der Waals surface area (Å²) >= 11 is 1.10. The van der Waals surface area contributed by atoms with E-state index in [9.17, 15) is 18.0 Å². The highest BCUT2D eigenvalue weighted by Gasteiger charge is 2.33. The Bertz CT molecular complexity index is 1250. The lowest BCUT2D eigenvalue weighted by Crippen LogP contribution is -2.18. The molecule has 5 nitrogen and oxygen atoms in total. The van der Waals surface area contributed by atoms with Gasteiger partial charge < -0.3 is 5.32 Å². The molecule has 4 rings (SSSR count). The number of halogens is 3. The third-order valence-corrected chi connectivity index (χ3v) is 5.73. The number of alkyl halides is 3. The second kappa shape index (κ2) is 9.50. The Balaban J connectivity index is 1.58. The largest absolute Gasteiger partial charge is 0.418 e. The summed E-state index contributed by atoms with van der Waals surface area (Å²) in [7, 11) is 0. The maximum absolute atomic E-state index is 13.2. The molecular weight excluding hydrogens is 449 g/mol. The van der Waals surface area contributed by atoms with Crippen LogP contribution in [-0.4, -0.2) is 26.4 Å². The molecule has 0 bridgehead atoms. The monoisotopic (exact) mass is 468 g/mol. The Morgan fingerprint density at radius 2 is 1.61 bits per heavy atom. The van der Waals surface area contributed by atoms with Crippen molar-refractivity contribution in [1.29, 1.82) is 0 Å².